The van der Waals surface area contributed by atoms with Crippen LogP contribution in [0.1, 0.15) is 16.8 Å². The number of amides is 1. The first-order valence-corrected chi connectivity index (χ1v) is 11.2. The fraction of sp³-hybridized carbons (Fsp3) is 0.350. The summed E-state index contributed by atoms with van der Waals surface area (Å²) in [7, 11) is -3.80. The summed E-state index contributed by atoms with van der Waals surface area (Å²) in [5.41, 5.74) is 0.278. The fourth-order valence-electron chi connectivity index (χ4n) is 3.50. The lowest BCUT2D eigenvalue weighted by Gasteiger charge is -2.34. The number of benzene rings is 2. The van der Waals surface area contributed by atoms with Crippen molar-refractivity contribution in [3.63, 3.8) is 0 Å². The quantitative estimate of drug-likeness (QED) is 0.519. The molecule has 11 heteroatoms. The molecule has 0 aliphatic carbocycles. The van der Waals surface area contributed by atoms with Gasteiger partial charge in [0.2, 0.25) is 10.0 Å². The van der Waals surface area contributed by atoms with Crippen molar-refractivity contribution in [2.24, 2.45) is 0 Å². The van der Waals surface area contributed by atoms with Crippen LogP contribution >= 0.6 is 0 Å². The van der Waals surface area contributed by atoms with Crippen molar-refractivity contribution in [2.75, 3.05) is 39.4 Å². The SMILES string of the molecule is O=C(c1ccc2c(c1)OCCCO2)N1CCN(S(=O)(=O)c2ccc([N+](=O)[O-])cc2)CC1. The molecule has 0 atom stereocenters. The molecule has 2 aromatic carbocycles. The molecule has 2 aliphatic rings. The second kappa shape index (κ2) is 8.52. The monoisotopic (exact) mass is 447 g/mol. The van der Waals surface area contributed by atoms with Crippen LogP contribution in [0.25, 0.3) is 0 Å². The number of nitro benzene ring substituents is 1. The first-order chi connectivity index (χ1) is 14.9. The van der Waals surface area contributed by atoms with Crippen molar-refractivity contribution in [3.05, 3.63) is 58.1 Å². The minimum absolute atomic E-state index is 0.0132. The van der Waals surface area contributed by atoms with Crippen LogP contribution in [-0.2, 0) is 10.0 Å². The third-order valence-corrected chi connectivity index (χ3v) is 7.12. The van der Waals surface area contributed by atoms with E-state index < -0.39 is 14.9 Å². The van der Waals surface area contributed by atoms with E-state index in [-0.39, 0.29) is 42.7 Å². The number of fused-ring (bicyclic) bond motifs is 1. The highest BCUT2D eigenvalue weighted by Crippen LogP contribution is 2.31. The van der Waals surface area contributed by atoms with Crippen molar-refractivity contribution >= 4 is 21.6 Å². The number of piperazine rings is 1. The molecule has 31 heavy (non-hydrogen) atoms. The van der Waals surface area contributed by atoms with E-state index in [1.165, 1.54) is 16.4 Å². The molecule has 1 fully saturated rings. The predicted octanol–water partition coefficient (Wildman–Crippen LogP) is 1.90. The molecule has 10 nitrogen and oxygen atoms in total. The second-order valence-electron chi connectivity index (χ2n) is 7.16. The van der Waals surface area contributed by atoms with Gasteiger partial charge in [0, 0.05) is 50.3 Å². The Hall–Kier alpha value is -3.18. The highest BCUT2D eigenvalue weighted by atomic mass is 32.2. The van der Waals surface area contributed by atoms with Gasteiger partial charge in [0.15, 0.2) is 11.5 Å². The zero-order chi connectivity index (χ0) is 22.0. The Labute approximate surface area is 179 Å². The van der Waals surface area contributed by atoms with E-state index in [0.717, 1.165) is 18.6 Å². The lowest BCUT2D eigenvalue weighted by atomic mass is 10.1. The maximum atomic E-state index is 12.9. The Balaban J connectivity index is 1.42. The summed E-state index contributed by atoms with van der Waals surface area (Å²) < 4.78 is 38.2. The van der Waals surface area contributed by atoms with Gasteiger partial charge in [0.05, 0.1) is 23.0 Å². The largest absolute Gasteiger partial charge is 0.490 e. The third kappa shape index (κ3) is 4.32. The molecule has 0 N–H and O–H groups in total. The third-order valence-electron chi connectivity index (χ3n) is 5.21. The number of non-ortho nitro benzene ring substituents is 1. The van der Waals surface area contributed by atoms with Crippen LogP contribution in [0.2, 0.25) is 0 Å². The number of sulfonamides is 1. The Morgan fingerprint density at radius 1 is 0.935 bits per heavy atom. The molecule has 0 unspecified atom stereocenters. The van der Waals surface area contributed by atoms with E-state index in [1.807, 2.05) is 0 Å². The summed E-state index contributed by atoms with van der Waals surface area (Å²) >= 11 is 0. The van der Waals surface area contributed by atoms with E-state index >= 15 is 0 Å². The number of ether oxygens (including phenoxy) is 2. The number of nitrogens with zero attached hydrogens (tertiary/aromatic N) is 3. The maximum absolute atomic E-state index is 12.9. The average Bonchev–Trinajstić information content (AvgIpc) is 3.03. The maximum Gasteiger partial charge on any atom is 0.269 e. The summed E-state index contributed by atoms with van der Waals surface area (Å²) in [6.07, 6.45) is 0.767. The summed E-state index contributed by atoms with van der Waals surface area (Å²) in [5, 5.41) is 10.8. The van der Waals surface area contributed by atoms with Crippen LogP contribution in [0.4, 0.5) is 5.69 Å². The Morgan fingerprint density at radius 3 is 2.23 bits per heavy atom. The van der Waals surface area contributed by atoms with Gasteiger partial charge in [0.1, 0.15) is 0 Å². The zero-order valence-corrected chi connectivity index (χ0v) is 17.4. The van der Waals surface area contributed by atoms with Gasteiger partial charge in [-0.15, -0.1) is 0 Å². The fourth-order valence-corrected chi connectivity index (χ4v) is 4.92. The molecule has 2 heterocycles. The zero-order valence-electron chi connectivity index (χ0n) is 16.6. The minimum Gasteiger partial charge on any atom is -0.490 e. The van der Waals surface area contributed by atoms with Crippen LogP contribution in [0.15, 0.2) is 47.4 Å². The highest BCUT2D eigenvalue weighted by molar-refractivity contribution is 7.89. The lowest BCUT2D eigenvalue weighted by Crippen LogP contribution is -2.50. The standard InChI is InChI=1S/C20H21N3O7S/c24-20(15-2-7-18-19(14-15)30-13-1-12-29-18)21-8-10-22(11-9-21)31(27,28)17-5-3-16(4-6-17)23(25)26/h2-7,14H,1,8-13H2. The van der Waals surface area contributed by atoms with Gasteiger partial charge in [-0.2, -0.15) is 4.31 Å². The van der Waals surface area contributed by atoms with Crippen molar-refractivity contribution in [2.45, 2.75) is 11.3 Å². The summed E-state index contributed by atoms with van der Waals surface area (Å²) in [5.74, 6) is 0.929. The van der Waals surface area contributed by atoms with Crippen LogP contribution < -0.4 is 9.47 Å². The highest BCUT2D eigenvalue weighted by Gasteiger charge is 2.31. The molecule has 0 bridgehead atoms. The van der Waals surface area contributed by atoms with Gasteiger partial charge < -0.3 is 14.4 Å². The lowest BCUT2D eigenvalue weighted by molar-refractivity contribution is -0.384. The van der Waals surface area contributed by atoms with Crippen molar-refractivity contribution in [1.82, 2.24) is 9.21 Å². The van der Waals surface area contributed by atoms with Crippen LogP contribution in [0.5, 0.6) is 11.5 Å². The number of rotatable bonds is 4. The van der Waals surface area contributed by atoms with Gasteiger partial charge in [-0.3, -0.25) is 14.9 Å². The molecule has 164 valence electrons. The predicted molar refractivity (Wildman–Crippen MR) is 110 cm³/mol. The van der Waals surface area contributed by atoms with Gasteiger partial charge in [-0.25, -0.2) is 8.42 Å². The van der Waals surface area contributed by atoms with Gasteiger partial charge in [0.25, 0.3) is 11.6 Å². The first-order valence-electron chi connectivity index (χ1n) is 9.80. The molecule has 0 radical (unpaired) electrons. The first kappa shape index (κ1) is 21.1. The molecule has 4 rings (SSSR count). The molecule has 1 saturated heterocycles. The molecule has 0 saturated carbocycles. The molecular formula is C20H21N3O7S. The summed E-state index contributed by atoms with van der Waals surface area (Å²) in [6.45, 7) is 1.82. The van der Waals surface area contributed by atoms with E-state index in [1.54, 1.807) is 23.1 Å². The summed E-state index contributed by atoms with van der Waals surface area (Å²) in [6, 6.07) is 9.82. The van der Waals surface area contributed by atoms with E-state index in [2.05, 4.69) is 0 Å². The Kier molecular flexibility index (Phi) is 5.79. The van der Waals surface area contributed by atoms with E-state index in [4.69, 9.17) is 9.47 Å². The summed E-state index contributed by atoms with van der Waals surface area (Å²) in [4.78, 5) is 24.7. The molecular weight excluding hydrogens is 426 g/mol. The molecule has 1 amide bonds. The molecule has 0 spiro atoms. The minimum atomic E-state index is -3.80. The average molecular weight is 447 g/mol. The smallest absolute Gasteiger partial charge is 0.269 e. The number of hydrogen-bond donors (Lipinski definition) is 0. The molecule has 2 aromatic rings. The van der Waals surface area contributed by atoms with Gasteiger partial charge in [-0.05, 0) is 30.3 Å². The number of carbonyl (C=O) groups excluding carboxylic acids is 1. The van der Waals surface area contributed by atoms with Crippen LogP contribution in [0, 0.1) is 10.1 Å². The topological polar surface area (TPSA) is 119 Å². The van der Waals surface area contributed by atoms with Crippen LogP contribution in [0.3, 0.4) is 0 Å². The van der Waals surface area contributed by atoms with Gasteiger partial charge in [-0.1, -0.05) is 0 Å². The van der Waals surface area contributed by atoms with Crippen molar-refractivity contribution in [1.29, 1.82) is 0 Å². The molecule has 0 aromatic heterocycles. The van der Waals surface area contributed by atoms with Gasteiger partial charge >= 0.3 is 0 Å². The number of hydrogen-bond acceptors (Lipinski definition) is 7. The normalized spacial score (nSPS) is 17.1. The Bertz CT molecular complexity index is 1090. The van der Waals surface area contributed by atoms with Crippen LogP contribution in [-0.4, -0.2) is 67.8 Å². The van der Waals surface area contributed by atoms with E-state index in [0.29, 0.717) is 30.3 Å². The van der Waals surface area contributed by atoms with Crippen molar-refractivity contribution < 1.29 is 27.6 Å². The molecule has 2 aliphatic heterocycles. The second-order valence-corrected chi connectivity index (χ2v) is 9.10. The van der Waals surface area contributed by atoms with E-state index in [9.17, 15) is 23.3 Å². The number of carbonyl (C=O) groups is 1. The number of nitro groups is 1. The Morgan fingerprint density at radius 2 is 1.58 bits per heavy atom. The van der Waals surface area contributed by atoms with Crippen molar-refractivity contribution in [3.8, 4) is 11.5 Å².